The summed E-state index contributed by atoms with van der Waals surface area (Å²) < 4.78 is 6.03. The van der Waals surface area contributed by atoms with E-state index < -0.39 is 0 Å². The number of hydrogen-bond donors (Lipinski definition) is 0. The minimum absolute atomic E-state index is 0.550. The first-order chi connectivity index (χ1) is 8.97. The maximum Gasteiger partial charge on any atom is 0.130 e. The maximum absolute atomic E-state index is 6.03. The van der Waals surface area contributed by atoms with Crippen molar-refractivity contribution in [1.29, 1.82) is 0 Å². The van der Waals surface area contributed by atoms with Crippen LogP contribution in [0, 0.1) is 20.8 Å². The summed E-state index contributed by atoms with van der Waals surface area (Å²) in [5, 5.41) is 0. The van der Waals surface area contributed by atoms with Crippen molar-refractivity contribution in [2.45, 2.75) is 40.5 Å². The minimum atomic E-state index is 0.550. The summed E-state index contributed by atoms with van der Waals surface area (Å²) in [4.78, 5) is 0. The molecule has 0 aliphatic heterocycles. The van der Waals surface area contributed by atoms with Gasteiger partial charge in [-0.25, -0.2) is 0 Å². The van der Waals surface area contributed by atoms with Crippen molar-refractivity contribution < 1.29 is 4.74 Å². The van der Waals surface area contributed by atoms with Crippen LogP contribution in [0.15, 0.2) is 36.4 Å². The fourth-order valence-electron chi connectivity index (χ4n) is 2.18. The molecule has 0 unspecified atom stereocenters. The summed E-state index contributed by atoms with van der Waals surface area (Å²) >= 11 is 0. The molecule has 2 rings (SSSR count). The Kier molecular flexibility index (Phi) is 3.94. The molecular weight excluding hydrogens is 232 g/mol. The lowest BCUT2D eigenvalue weighted by Gasteiger charge is -2.13. The highest BCUT2D eigenvalue weighted by atomic mass is 16.5. The smallest absolute Gasteiger partial charge is 0.130 e. The van der Waals surface area contributed by atoms with Gasteiger partial charge in [-0.3, -0.25) is 0 Å². The van der Waals surface area contributed by atoms with Crippen molar-refractivity contribution in [3.63, 3.8) is 0 Å². The van der Waals surface area contributed by atoms with E-state index in [4.69, 9.17) is 4.74 Å². The summed E-state index contributed by atoms with van der Waals surface area (Å²) in [6.45, 7) is 10.7. The van der Waals surface area contributed by atoms with E-state index in [9.17, 15) is 0 Å². The van der Waals surface area contributed by atoms with Crippen LogP contribution in [0.3, 0.4) is 0 Å². The van der Waals surface area contributed by atoms with Gasteiger partial charge in [0, 0.05) is 0 Å². The van der Waals surface area contributed by atoms with E-state index in [1.54, 1.807) is 0 Å². The molecule has 0 spiro atoms. The van der Waals surface area contributed by atoms with Crippen LogP contribution in [-0.4, -0.2) is 0 Å². The second-order valence-electron chi connectivity index (χ2n) is 5.55. The van der Waals surface area contributed by atoms with Crippen molar-refractivity contribution in [2.75, 3.05) is 0 Å². The molecule has 0 amide bonds. The largest absolute Gasteiger partial charge is 0.457 e. The third-order valence-corrected chi connectivity index (χ3v) is 3.42. The Hall–Kier alpha value is -1.76. The van der Waals surface area contributed by atoms with Gasteiger partial charge in [0.1, 0.15) is 11.5 Å². The molecule has 0 atom stereocenters. The van der Waals surface area contributed by atoms with Gasteiger partial charge in [0.25, 0.3) is 0 Å². The van der Waals surface area contributed by atoms with Crippen LogP contribution < -0.4 is 4.74 Å². The van der Waals surface area contributed by atoms with Crippen molar-refractivity contribution in [1.82, 2.24) is 0 Å². The van der Waals surface area contributed by atoms with Gasteiger partial charge >= 0.3 is 0 Å². The highest BCUT2D eigenvalue weighted by Gasteiger charge is 2.07. The van der Waals surface area contributed by atoms with Crippen LogP contribution in [0.2, 0.25) is 0 Å². The standard InChI is InChI=1S/C18H22O/c1-12(2)16-7-9-18(15(5)11-16)19-17-8-6-13(3)10-14(17)4/h6-12H,1-5H3. The van der Waals surface area contributed by atoms with Gasteiger partial charge in [-0.05, 0) is 55.5 Å². The topological polar surface area (TPSA) is 9.23 Å². The third kappa shape index (κ3) is 3.17. The lowest BCUT2D eigenvalue weighted by Crippen LogP contribution is -1.93. The van der Waals surface area contributed by atoms with E-state index in [0.29, 0.717) is 5.92 Å². The third-order valence-electron chi connectivity index (χ3n) is 3.42. The molecule has 1 heteroatoms. The molecule has 0 fully saturated rings. The SMILES string of the molecule is Cc1ccc(Oc2ccc(C(C)C)cc2C)c(C)c1. The van der Waals surface area contributed by atoms with Gasteiger partial charge in [-0.1, -0.05) is 43.7 Å². The Bertz CT molecular complexity index is 582. The average molecular weight is 254 g/mol. The van der Waals surface area contributed by atoms with Gasteiger partial charge in [0.15, 0.2) is 0 Å². The summed E-state index contributed by atoms with van der Waals surface area (Å²) in [5.74, 6) is 2.43. The fourth-order valence-corrected chi connectivity index (χ4v) is 2.18. The van der Waals surface area contributed by atoms with Gasteiger partial charge in [0.2, 0.25) is 0 Å². The molecule has 100 valence electrons. The second kappa shape index (κ2) is 5.48. The van der Waals surface area contributed by atoms with Crippen LogP contribution in [0.25, 0.3) is 0 Å². The van der Waals surface area contributed by atoms with Crippen molar-refractivity contribution in [3.8, 4) is 11.5 Å². The monoisotopic (exact) mass is 254 g/mol. The van der Waals surface area contributed by atoms with Crippen molar-refractivity contribution in [3.05, 3.63) is 58.7 Å². The lowest BCUT2D eigenvalue weighted by atomic mass is 10.0. The van der Waals surface area contributed by atoms with E-state index in [0.717, 1.165) is 11.5 Å². The molecule has 2 aromatic carbocycles. The number of hydrogen-bond acceptors (Lipinski definition) is 1. The quantitative estimate of drug-likeness (QED) is 0.700. The van der Waals surface area contributed by atoms with E-state index in [1.165, 1.54) is 22.3 Å². The Morgan fingerprint density at radius 1 is 0.789 bits per heavy atom. The Labute approximate surface area is 116 Å². The summed E-state index contributed by atoms with van der Waals surface area (Å²) in [6, 6.07) is 12.7. The van der Waals surface area contributed by atoms with Crippen LogP contribution in [-0.2, 0) is 0 Å². The summed E-state index contributed by atoms with van der Waals surface area (Å²) in [6.07, 6.45) is 0. The lowest BCUT2D eigenvalue weighted by molar-refractivity contribution is 0.474. The second-order valence-corrected chi connectivity index (χ2v) is 5.55. The molecule has 2 aromatic rings. The van der Waals surface area contributed by atoms with Crippen LogP contribution in [0.4, 0.5) is 0 Å². The molecule has 0 N–H and O–H groups in total. The van der Waals surface area contributed by atoms with E-state index in [-0.39, 0.29) is 0 Å². The predicted molar refractivity (Wildman–Crippen MR) is 81.3 cm³/mol. The molecule has 0 aliphatic carbocycles. The first kappa shape index (κ1) is 13.7. The van der Waals surface area contributed by atoms with Crippen LogP contribution >= 0.6 is 0 Å². The molecule has 0 bridgehead atoms. The fraction of sp³-hybridized carbons (Fsp3) is 0.333. The number of benzene rings is 2. The molecule has 0 saturated heterocycles. The number of ether oxygens (including phenoxy) is 1. The van der Waals surface area contributed by atoms with Crippen molar-refractivity contribution in [2.24, 2.45) is 0 Å². The highest BCUT2D eigenvalue weighted by Crippen LogP contribution is 2.30. The van der Waals surface area contributed by atoms with E-state index in [1.807, 2.05) is 6.07 Å². The molecule has 0 radical (unpaired) electrons. The Morgan fingerprint density at radius 2 is 1.37 bits per heavy atom. The normalized spacial score (nSPS) is 10.8. The molecule has 1 nitrogen and oxygen atoms in total. The molecule has 0 saturated carbocycles. The first-order valence-corrected chi connectivity index (χ1v) is 6.83. The highest BCUT2D eigenvalue weighted by molar-refractivity contribution is 5.43. The maximum atomic E-state index is 6.03. The Balaban J connectivity index is 2.28. The molecule has 0 heterocycles. The first-order valence-electron chi connectivity index (χ1n) is 6.83. The van der Waals surface area contributed by atoms with Crippen molar-refractivity contribution >= 4 is 0 Å². The van der Waals surface area contributed by atoms with Gasteiger partial charge in [0.05, 0.1) is 0 Å². The van der Waals surface area contributed by atoms with Crippen LogP contribution in [0.1, 0.15) is 42.0 Å². The van der Waals surface area contributed by atoms with E-state index in [2.05, 4.69) is 65.0 Å². The Morgan fingerprint density at radius 3 is 1.89 bits per heavy atom. The number of aryl methyl sites for hydroxylation is 3. The zero-order chi connectivity index (χ0) is 14.0. The average Bonchev–Trinajstić information content (AvgIpc) is 2.34. The van der Waals surface area contributed by atoms with Gasteiger partial charge < -0.3 is 4.74 Å². The molecule has 19 heavy (non-hydrogen) atoms. The van der Waals surface area contributed by atoms with Gasteiger partial charge in [-0.15, -0.1) is 0 Å². The molecule has 0 aromatic heterocycles. The zero-order valence-corrected chi connectivity index (χ0v) is 12.4. The number of rotatable bonds is 3. The van der Waals surface area contributed by atoms with Crippen LogP contribution in [0.5, 0.6) is 11.5 Å². The van der Waals surface area contributed by atoms with Gasteiger partial charge in [-0.2, -0.15) is 0 Å². The summed E-state index contributed by atoms with van der Waals surface area (Å²) in [7, 11) is 0. The summed E-state index contributed by atoms with van der Waals surface area (Å²) in [5.41, 5.74) is 4.97. The van der Waals surface area contributed by atoms with E-state index >= 15 is 0 Å². The molecule has 0 aliphatic rings. The molecular formula is C18H22O. The predicted octanol–water partition coefficient (Wildman–Crippen LogP) is 5.53. The minimum Gasteiger partial charge on any atom is -0.457 e. The zero-order valence-electron chi connectivity index (χ0n) is 12.4.